The maximum atomic E-state index is 13.3. The van der Waals surface area contributed by atoms with Gasteiger partial charge >= 0.3 is 6.18 Å². The molecule has 0 saturated heterocycles. The van der Waals surface area contributed by atoms with Crippen LogP contribution in [-0.4, -0.2) is 25.5 Å². The molecule has 0 fully saturated rings. The van der Waals surface area contributed by atoms with Crippen LogP contribution in [0, 0.1) is 0 Å². The summed E-state index contributed by atoms with van der Waals surface area (Å²) in [6, 6.07) is 12.2. The fraction of sp³-hybridized carbons (Fsp3) is 0.364. The van der Waals surface area contributed by atoms with Crippen LogP contribution >= 0.6 is 0 Å². The topological polar surface area (TPSA) is 3.24 Å². The van der Waals surface area contributed by atoms with E-state index in [2.05, 4.69) is 30.9 Å². The average molecular weight is 359 g/mol. The van der Waals surface area contributed by atoms with Gasteiger partial charge in [-0.05, 0) is 60.5 Å². The highest BCUT2D eigenvalue weighted by Crippen LogP contribution is 2.47. The maximum absolute atomic E-state index is 13.3. The van der Waals surface area contributed by atoms with Gasteiger partial charge in [-0.3, -0.25) is 0 Å². The van der Waals surface area contributed by atoms with Crippen molar-refractivity contribution in [2.75, 3.05) is 20.6 Å². The average Bonchev–Trinajstić information content (AvgIpc) is 2.56. The van der Waals surface area contributed by atoms with Crippen LogP contribution in [0.25, 0.3) is 5.57 Å². The zero-order valence-corrected chi connectivity index (χ0v) is 15.6. The van der Waals surface area contributed by atoms with Crippen molar-refractivity contribution in [3.63, 3.8) is 0 Å². The van der Waals surface area contributed by atoms with Crippen LogP contribution in [0.1, 0.15) is 48.1 Å². The smallest absolute Gasteiger partial charge is 0.309 e. The van der Waals surface area contributed by atoms with Gasteiger partial charge in [-0.25, -0.2) is 0 Å². The fourth-order valence-corrected chi connectivity index (χ4v) is 3.73. The molecule has 0 saturated carbocycles. The minimum atomic E-state index is -4.34. The summed E-state index contributed by atoms with van der Waals surface area (Å²) >= 11 is 0. The molecule has 0 bridgehead atoms. The molecule has 138 valence electrons. The predicted octanol–water partition coefficient (Wildman–Crippen LogP) is 5.73. The van der Waals surface area contributed by atoms with Gasteiger partial charge in [-0.1, -0.05) is 50.3 Å². The van der Waals surface area contributed by atoms with E-state index in [-0.39, 0.29) is 5.41 Å². The summed E-state index contributed by atoms with van der Waals surface area (Å²) in [7, 11) is 3.98. The van der Waals surface area contributed by atoms with Gasteiger partial charge in [0, 0.05) is 12.0 Å². The van der Waals surface area contributed by atoms with Crippen molar-refractivity contribution in [2.24, 2.45) is 0 Å². The van der Waals surface area contributed by atoms with Crippen molar-refractivity contribution in [3.05, 3.63) is 76.4 Å². The Balaban J connectivity index is 2.22. The first-order chi connectivity index (χ1) is 12.1. The molecule has 1 aliphatic carbocycles. The monoisotopic (exact) mass is 359 g/mol. The van der Waals surface area contributed by atoms with Crippen molar-refractivity contribution in [1.29, 1.82) is 0 Å². The summed E-state index contributed by atoms with van der Waals surface area (Å²) in [5.41, 5.74) is 3.80. The number of rotatable bonds is 3. The molecule has 0 unspecified atom stereocenters. The molecule has 0 aliphatic heterocycles. The van der Waals surface area contributed by atoms with Crippen LogP contribution in [0.3, 0.4) is 0 Å². The third kappa shape index (κ3) is 3.30. The van der Waals surface area contributed by atoms with E-state index < -0.39 is 11.7 Å². The molecular weight excluding hydrogens is 335 g/mol. The minimum Gasteiger partial charge on any atom is -0.309 e. The lowest BCUT2D eigenvalue weighted by Crippen LogP contribution is -2.27. The fourth-order valence-electron chi connectivity index (χ4n) is 3.73. The van der Waals surface area contributed by atoms with E-state index >= 15 is 0 Å². The van der Waals surface area contributed by atoms with E-state index in [0.717, 1.165) is 35.2 Å². The zero-order valence-electron chi connectivity index (χ0n) is 15.6. The molecule has 3 rings (SSSR count). The number of alkyl halides is 3. The lowest BCUT2D eigenvalue weighted by Gasteiger charge is -2.37. The third-order valence-electron chi connectivity index (χ3n) is 5.13. The summed E-state index contributed by atoms with van der Waals surface area (Å²) in [6.07, 6.45) is -1.48. The lowest BCUT2D eigenvalue weighted by molar-refractivity contribution is -0.137. The largest absolute Gasteiger partial charge is 0.416 e. The summed E-state index contributed by atoms with van der Waals surface area (Å²) < 4.78 is 39.9. The highest BCUT2D eigenvalue weighted by atomic mass is 19.4. The van der Waals surface area contributed by atoms with Crippen molar-refractivity contribution in [2.45, 2.75) is 31.9 Å². The summed E-state index contributed by atoms with van der Waals surface area (Å²) in [4.78, 5) is 2.07. The quantitative estimate of drug-likeness (QED) is 0.677. The molecule has 0 aromatic heterocycles. The van der Waals surface area contributed by atoms with E-state index in [4.69, 9.17) is 0 Å². The van der Waals surface area contributed by atoms with E-state index in [0.29, 0.717) is 5.56 Å². The van der Waals surface area contributed by atoms with Gasteiger partial charge in [0.05, 0.1) is 5.56 Å². The normalized spacial score (nSPS) is 17.3. The van der Waals surface area contributed by atoms with Crippen molar-refractivity contribution in [3.8, 4) is 0 Å². The first kappa shape index (κ1) is 18.7. The van der Waals surface area contributed by atoms with E-state index in [1.54, 1.807) is 6.07 Å². The Morgan fingerprint density at radius 1 is 0.962 bits per heavy atom. The van der Waals surface area contributed by atoms with E-state index in [1.807, 2.05) is 32.3 Å². The Bertz CT molecular complexity index is 845. The molecule has 4 heteroatoms. The summed E-state index contributed by atoms with van der Waals surface area (Å²) in [5, 5.41) is 0. The van der Waals surface area contributed by atoms with E-state index in [9.17, 15) is 13.2 Å². The molecule has 1 aliphatic rings. The van der Waals surface area contributed by atoms with Gasteiger partial charge < -0.3 is 4.90 Å². The molecule has 0 spiro atoms. The van der Waals surface area contributed by atoms with E-state index in [1.165, 1.54) is 12.1 Å². The Kier molecular flexibility index (Phi) is 4.74. The van der Waals surface area contributed by atoms with Crippen LogP contribution in [0.2, 0.25) is 0 Å². The molecule has 26 heavy (non-hydrogen) atoms. The standard InChI is InChI=1S/C22H24F3N/c1-21(2)19-10-6-5-8-17(19)16(9-7-13-26(3)4)18-14-15(22(23,24)25)11-12-20(18)21/h5-6,8-12,14H,7,13H2,1-4H3/b16-9-. The SMILES string of the molecule is CN(C)CC/C=C1/c2ccccc2C(C)(C)c2ccc(C(F)(F)F)cc21. The van der Waals surface area contributed by atoms with Crippen molar-refractivity contribution < 1.29 is 13.2 Å². The first-order valence-corrected chi connectivity index (χ1v) is 8.79. The maximum Gasteiger partial charge on any atom is 0.416 e. The van der Waals surface area contributed by atoms with Crippen LogP contribution in [0.5, 0.6) is 0 Å². The van der Waals surface area contributed by atoms with Gasteiger partial charge in [-0.2, -0.15) is 13.2 Å². The van der Waals surface area contributed by atoms with Crippen LogP contribution < -0.4 is 0 Å². The molecule has 0 N–H and O–H groups in total. The lowest BCUT2D eigenvalue weighted by atomic mass is 9.67. The second-order valence-corrected chi connectivity index (χ2v) is 7.64. The molecule has 1 nitrogen and oxygen atoms in total. The molecule has 2 aromatic rings. The molecule has 0 amide bonds. The first-order valence-electron chi connectivity index (χ1n) is 8.79. The number of hydrogen-bond acceptors (Lipinski definition) is 1. The summed E-state index contributed by atoms with van der Waals surface area (Å²) in [6.45, 7) is 5.01. The number of hydrogen-bond donors (Lipinski definition) is 0. The Labute approximate surface area is 153 Å². The number of halogens is 3. The second kappa shape index (κ2) is 6.58. The van der Waals surface area contributed by atoms with Gasteiger partial charge in [0.15, 0.2) is 0 Å². The molecular formula is C22H24F3N. The predicted molar refractivity (Wildman–Crippen MR) is 100 cm³/mol. The Morgan fingerprint density at radius 2 is 1.62 bits per heavy atom. The number of nitrogens with zero attached hydrogens (tertiary/aromatic N) is 1. The number of benzene rings is 2. The highest BCUT2D eigenvalue weighted by molar-refractivity contribution is 5.87. The highest BCUT2D eigenvalue weighted by Gasteiger charge is 2.37. The molecule has 2 aromatic carbocycles. The van der Waals surface area contributed by atoms with Gasteiger partial charge in [0.1, 0.15) is 0 Å². The third-order valence-corrected chi connectivity index (χ3v) is 5.13. The van der Waals surface area contributed by atoms with Gasteiger partial charge in [0.25, 0.3) is 0 Å². The molecule has 0 radical (unpaired) electrons. The van der Waals surface area contributed by atoms with Crippen LogP contribution in [-0.2, 0) is 11.6 Å². The zero-order chi connectivity index (χ0) is 19.1. The number of fused-ring (bicyclic) bond motifs is 2. The molecule has 0 atom stereocenters. The van der Waals surface area contributed by atoms with Crippen LogP contribution in [0.15, 0.2) is 48.5 Å². The van der Waals surface area contributed by atoms with Gasteiger partial charge in [0.2, 0.25) is 0 Å². The van der Waals surface area contributed by atoms with Crippen LogP contribution in [0.4, 0.5) is 13.2 Å². The van der Waals surface area contributed by atoms with Crippen molar-refractivity contribution in [1.82, 2.24) is 4.90 Å². The van der Waals surface area contributed by atoms with Gasteiger partial charge in [-0.15, -0.1) is 0 Å². The van der Waals surface area contributed by atoms with Crippen molar-refractivity contribution >= 4 is 5.57 Å². The second-order valence-electron chi connectivity index (χ2n) is 7.64. The minimum absolute atomic E-state index is 0.338. The Morgan fingerprint density at radius 3 is 2.27 bits per heavy atom. The molecule has 0 heterocycles. The summed E-state index contributed by atoms with van der Waals surface area (Å²) in [5.74, 6) is 0. The Hall–Kier alpha value is -2.07.